The Kier molecular flexibility index (Phi) is 13.6. The Bertz CT molecular complexity index is 186. The van der Waals surface area contributed by atoms with Crippen molar-refractivity contribution in [3.8, 4) is 0 Å². The van der Waals surface area contributed by atoms with Crippen molar-refractivity contribution in [1.29, 1.82) is 0 Å². The van der Waals surface area contributed by atoms with Gasteiger partial charge in [0, 0.05) is 39.1 Å². The van der Waals surface area contributed by atoms with Gasteiger partial charge in [-0.05, 0) is 12.8 Å². The first-order valence-electron chi connectivity index (χ1n) is 7.63. The zero-order valence-electron chi connectivity index (χ0n) is 12.8. The van der Waals surface area contributed by atoms with Crippen LogP contribution in [0.1, 0.15) is 52.4 Å². The SMILES string of the molecule is CCCCOC(O)CCN(O)CCC(O)OCCCC. The predicted molar refractivity (Wildman–Crippen MR) is 76.3 cm³/mol. The topological polar surface area (TPSA) is 82.4 Å². The molecule has 0 aromatic rings. The lowest BCUT2D eigenvalue weighted by Crippen LogP contribution is -2.29. The molecule has 20 heavy (non-hydrogen) atoms. The molecule has 0 rings (SSSR count). The van der Waals surface area contributed by atoms with E-state index < -0.39 is 12.6 Å². The molecule has 6 nitrogen and oxygen atoms in total. The molecule has 0 aliphatic rings. The van der Waals surface area contributed by atoms with Gasteiger partial charge in [-0.2, -0.15) is 5.06 Å². The molecule has 0 saturated carbocycles. The fraction of sp³-hybridized carbons (Fsp3) is 1.00. The van der Waals surface area contributed by atoms with E-state index in [1.54, 1.807) is 0 Å². The number of ether oxygens (including phenoxy) is 2. The van der Waals surface area contributed by atoms with Crippen molar-refractivity contribution in [2.24, 2.45) is 0 Å². The van der Waals surface area contributed by atoms with Crippen molar-refractivity contribution in [2.75, 3.05) is 26.3 Å². The molecule has 0 amide bonds. The number of aliphatic hydroxyl groups is 2. The second-order valence-electron chi connectivity index (χ2n) is 4.89. The minimum Gasteiger partial charge on any atom is -0.368 e. The van der Waals surface area contributed by atoms with Crippen LogP contribution in [0.2, 0.25) is 0 Å². The Hall–Kier alpha value is -0.240. The lowest BCUT2D eigenvalue weighted by Gasteiger charge is -2.19. The van der Waals surface area contributed by atoms with Crippen LogP contribution in [0.3, 0.4) is 0 Å². The Morgan fingerprint density at radius 1 is 0.850 bits per heavy atom. The number of hydrogen-bond donors (Lipinski definition) is 3. The molecule has 0 aromatic carbocycles. The third-order valence-electron chi connectivity index (χ3n) is 2.88. The molecule has 2 unspecified atom stereocenters. The van der Waals surface area contributed by atoms with E-state index in [0.717, 1.165) is 30.7 Å². The van der Waals surface area contributed by atoms with Crippen molar-refractivity contribution in [2.45, 2.75) is 65.0 Å². The van der Waals surface area contributed by atoms with Crippen molar-refractivity contribution in [3.05, 3.63) is 0 Å². The van der Waals surface area contributed by atoms with Gasteiger partial charge in [-0.15, -0.1) is 0 Å². The van der Waals surface area contributed by atoms with Crippen LogP contribution in [-0.2, 0) is 9.47 Å². The molecule has 0 aromatic heterocycles. The summed E-state index contributed by atoms with van der Waals surface area (Å²) in [5, 5.41) is 29.7. The van der Waals surface area contributed by atoms with E-state index in [4.69, 9.17) is 9.47 Å². The number of nitrogens with zero attached hydrogens (tertiary/aromatic N) is 1. The van der Waals surface area contributed by atoms with Crippen molar-refractivity contribution in [3.63, 3.8) is 0 Å². The fourth-order valence-electron chi connectivity index (χ4n) is 1.52. The summed E-state index contributed by atoms with van der Waals surface area (Å²) >= 11 is 0. The van der Waals surface area contributed by atoms with E-state index in [0.29, 0.717) is 39.1 Å². The van der Waals surface area contributed by atoms with E-state index in [2.05, 4.69) is 13.8 Å². The summed E-state index contributed by atoms with van der Waals surface area (Å²) in [6.45, 7) is 5.78. The Morgan fingerprint density at radius 2 is 1.25 bits per heavy atom. The highest BCUT2D eigenvalue weighted by Crippen LogP contribution is 2.02. The minimum absolute atomic E-state index is 0.301. The maximum absolute atomic E-state index is 9.59. The third-order valence-corrected chi connectivity index (χ3v) is 2.88. The normalized spacial score (nSPS) is 14.7. The molecule has 3 N–H and O–H groups in total. The summed E-state index contributed by atoms with van der Waals surface area (Å²) in [6, 6.07) is 0. The van der Waals surface area contributed by atoms with Crippen LogP contribution < -0.4 is 0 Å². The van der Waals surface area contributed by atoms with Gasteiger partial charge < -0.3 is 24.9 Å². The first-order valence-corrected chi connectivity index (χ1v) is 7.63. The lowest BCUT2D eigenvalue weighted by atomic mass is 10.3. The fourth-order valence-corrected chi connectivity index (χ4v) is 1.52. The largest absolute Gasteiger partial charge is 0.368 e. The molecule has 0 fully saturated rings. The van der Waals surface area contributed by atoms with Crippen LogP contribution in [0, 0.1) is 0 Å². The summed E-state index contributed by atoms with van der Waals surface area (Å²) in [5.74, 6) is 0. The molecule has 6 heteroatoms. The summed E-state index contributed by atoms with van der Waals surface area (Å²) < 4.78 is 10.3. The number of hydroxylamine groups is 2. The van der Waals surface area contributed by atoms with E-state index in [9.17, 15) is 15.4 Å². The van der Waals surface area contributed by atoms with Gasteiger partial charge >= 0.3 is 0 Å². The third kappa shape index (κ3) is 12.8. The van der Waals surface area contributed by atoms with Crippen molar-refractivity contribution in [1.82, 2.24) is 5.06 Å². The first kappa shape index (κ1) is 19.8. The van der Waals surface area contributed by atoms with Crippen LogP contribution in [0.15, 0.2) is 0 Å². The highest BCUT2D eigenvalue weighted by molar-refractivity contribution is 4.52. The van der Waals surface area contributed by atoms with Gasteiger partial charge in [0.25, 0.3) is 0 Å². The molecule has 0 heterocycles. The number of aliphatic hydroxyl groups excluding tert-OH is 2. The number of unbranched alkanes of at least 4 members (excludes halogenated alkanes) is 2. The zero-order valence-corrected chi connectivity index (χ0v) is 12.8. The van der Waals surface area contributed by atoms with Crippen LogP contribution in [0.4, 0.5) is 0 Å². The van der Waals surface area contributed by atoms with E-state index >= 15 is 0 Å². The van der Waals surface area contributed by atoms with Gasteiger partial charge in [-0.1, -0.05) is 26.7 Å². The molecular formula is C14H31NO5. The Balaban J connectivity index is 3.49. The summed E-state index contributed by atoms with van der Waals surface area (Å²) in [6.07, 6.45) is 2.87. The molecule has 0 aliphatic carbocycles. The van der Waals surface area contributed by atoms with Gasteiger partial charge in [0.05, 0.1) is 0 Å². The monoisotopic (exact) mass is 293 g/mol. The average Bonchev–Trinajstić information content (AvgIpc) is 2.43. The van der Waals surface area contributed by atoms with Gasteiger partial charge in [0.2, 0.25) is 0 Å². The maximum Gasteiger partial charge on any atom is 0.155 e. The molecule has 0 aliphatic heterocycles. The quantitative estimate of drug-likeness (QED) is 0.257. The lowest BCUT2D eigenvalue weighted by molar-refractivity contribution is -0.155. The summed E-state index contributed by atoms with van der Waals surface area (Å²) in [5.41, 5.74) is 0. The van der Waals surface area contributed by atoms with Crippen LogP contribution >= 0.6 is 0 Å². The summed E-state index contributed by atoms with van der Waals surface area (Å²) in [7, 11) is 0. The van der Waals surface area contributed by atoms with E-state index in [-0.39, 0.29) is 0 Å². The van der Waals surface area contributed by atoms with Gasteiger partial charge in [-0.25, -0.2) is 0 Å². The molecule has 0 radical (unpaired) electrons. The zero-order chi connectivity index (χ0) is 15.2. The second kappa shape index (κ2) is 13.7. The standard InChI is InChI=1S/C14H31NO5/c1-3-5-11-19-13(16)7-9-15(18)10-8-14(17)20-12-6-4-2/h13-14,16-18H,3-12H2,1-2H3. The predicted octanol–water partition coefficient (Wildman–Crippen LogP) is 1.73. The van der Waals surface area contributed by atoms with Crippen LogP contribution in [0.5, 0.6) is 0 Å². The molecule has 2 atom stereocenters. The second-order valence-corrected chi connectivity index (χ2v) is 4.89. The van der Waals surface area contributed by atoms with Crippen LogP contribution in [-0.4, -0.2) is 59.4 Å². The highest BCUT2D eigenvalue weighted by atomic mass is 16.6. The minimum atomic E-state index is -0.845. The highest BCUT2D eigenvalue weighted by Gasteiger charge is 2.10. The Labute approximate surface area is 122 Å². The first-order chi connectivity index (χ1) is 9.60. The number of hydrogen-bond acceptors (Lipinski definition) is 6. The summed E-state index contributed by atoms with van der Waals surface area (Å²) in [4.78, 5) is 0. The average molecular weight is 293 g/mol. The van der Waals surface area contributed by atoms with Crippen molar-refractivity contribution < 1.29 is 24.9 Å². The number of rotatable bonds is 14. The van der Waals surface area contributed by atoms with Gasteiger partial charge in [0.15, 0.2) is 12.6 Å². The van der Waals surface area contributed by atoms with Gasteiger partial charge in [0.1, 0.15) is 0 Å². The molecule has 0 bridgehead atoms. The van der Waals surface area contributed by atoms with Gasteiger partial charge in [-0.3, -0.25) is 0 Å². The smallest absolute Gasteiger partial charge is 0.155 e. The molecular weight excluding hydrogens is 262 g/mol. The van der Waals surface area contributed by atoms with Crippen molar-refractivity contribution >= 4 is 0 Å². The molecule has 0 saturated heterocycles. The molecule has 0 spiro atoms. The Morgan fingerprint density at radius 3 is 1.60 bits per heavy atom. The van der Waals surface area contributed by atoms with E-state index in [1.807, 2.05) is 0 Å². The van der Waals surface area contributed by atoms with Crippen LogP contribution in [0.25, 0.3) is 0 Å². The molecule has 122 valence electrons. The van der Waals surface area contributed by atoms with E-state index in [1.165, 1.54) is 0 Å². The maximum atomic E-state index is 9.59.